The van der Waals surface area contributed by atoms with Gasteiger partial charge in [0.25, 0.3) is 9.04 Å². The molecule has 5 nitrogen and oxygen atoms in total. The molecule has 4 aromatic rings. The minimum atomic E-state index is -1.40. The third kappa shape index (κ3) is 6.83. The number of benzene rings is 3. The van der Waals surface area contributed by atoms with Crippen molar-refractivity contribution < 1.29 is 14.0 Å². The van der Waals surface area contributed by atoms with Crippen LogP contribution in [0.1, 0.15) is 57.4 Å². The Kier molecular flexibility index (Phi) is 9.28. The molecule has 1 aliphatic carbocycles. The predicted molar refractivity (Wildman–Crippen MR) is 176 cm³/mol. The molecule has 0 aliphatic heterocycles. The van der Waals surface area contributed by atoms with Gasteiger partial charge in [0, 0.05) is 22.4 Å². The van der Waals surface area contributed by atoms with Crippen molar-refractivity contribution in [3.05, 3.63) is 106 Å². The number of aromatic nitrogens is 1. The lowest BCUT2D eigenvalue weighted by atomic mass is 9.75. The lowest BCUT2D eigenvalue weighted by Crippen LogP contribution is -2.47. The zero-order chi connectivity index (χ0) is 29.9. The van der Waals surface area contributed by atoms with Crippen LogP contribution in [0.3, 0.4) is 0 Å². The van der Waals surface area contributed by atoms with Gasteiger partial charge in [0.1, 0.15) is 6.29 Å². The Hall–Kier alpha value is -2.91. The van der Waals surface area contributed by atoms with Crippen molar-refractivity contribution in [1.29, 1.82) is 0 Å². The number of nitrogens with zero attached hydrogens (tertiary/aromatic N) is 1. The second kappa shape index (κ2) is 12.8. The van der Waals surface area contributed by atoms with Gasteiger partial charge in [-0.1, -0.05) is 103 Å². The number of amides is 1. The molecule has 1 fully saturated rings. The first kappa shape index (κ1) is 30.5. The number of carbonyl (C=O) groups is 2. The van der Waals surface area contributed by atoms with Gasteiger partial charge in [-0.05, 0) is 64.7 Å². The van der Waals surface area contributed by atoms with Crippen molar-refractivity contribution in [3.8, 4) is 0 Å². The van der Waals surface area contributed by atoms with Crippen LogP contribution in [-0.4, -0.2) is 32.8 Å². The van der Waals surface area contributed by atoms with E-state index in [1.807, 2.05) is 42.6 Å². The Labute approximate surface area is 262 Å². The van der Waals surface area contributed by atoms with Gasteiger partial charge in [-0.2, -0.15) is 0 Å². The van der Waals surface area contributed by atoms with Gasteiger partial charge in [-0.15, -0.1) is 11.3 Å². The molecule has 1 atom stereocenters. The monoisotopic (exact) mass is 659 g/mol. The highest BCUT2D eigenvalue weighted by Gasteiger charge is 2.37. The Morgan fingerprint density at radius 3 is 2.21 bits per heavy atom. The molecule has 0 saturated heterocycles. The van der Waals surface area contributed by atoms with Crippen molar-refractivity contribution in [3.63, 3.8) is 0 Å². The van der Waals surface area contributed by atoms with Crippen molar-refractivity contribution in [2.45, 2.75) is 51.4 Å². The van der Waals surface area contributed by atoms with E-state index in [0.29, 0.717) is 23.4 Å². The van der Waals surface area contributed by atoms with E-state index in [-0.39, 0.29) is 17.2 Å². The highest BCUT2D eigenvalue weighted by Crippen LogP contribution is 2.36. The maximum atomic E-state index is 13.0. The number of nitrogens with one attached hydrogen (secondary N) is 1. The molecule has 1 heterocycles. The van der Waals surface area contributed by atoms with Crippen LogP contribution in [0.15, 0.2) is 88.7 Å². The number of halogens is 1. The van der Waals surface area contributed by atoms with E-state index in [2.05, 4.69) is 95.5 Å². The smallest absolute Gasteiger partial charge is 0.282 e. The molecule has 1 aliphatic rings. The highest BCUT2D eigenvalue weighted by atomic mass is 79.9. The fourth-order valence-electron chi connectivity index (χ4n) is 5.18. The van der Waals surface area contributed by atoms with Crippen molar-refractivity contribution >= 4 is 64.0 Å². The zero-order valence-electron chi connectivity index (χ0n) is 24.4. The minimum absolute atomic E-state index is 0.0186. The summed E-state index contributed by atoms with van der Waals surface area (Å²) in [5.41, 5.74) is 2.02. The van der Waals surface area contributed by atoms with Gasteiger partial charge in [-0.3, -0.25) is 4.79 Å². The van der Waals surface area contributed by atoms with Gasteiger partial charge in [0.2, 0.25) is 5.91 Å². The van der Waals surface area contributed by atoms with E-state index in [9.17, 15) is 9.59 Å². The molecule has 0 spiro atoms. The molecular formula is C34H36BrN2O3SSi. The summed E-state index contributed by atoms with van der Waals surface area (Å²) in [6.07, 6.45) is 2.50. The molecule has 1 aromatic heterocycles. The Morgan fingerprint density at radius 2 is 1.60 bits per heavy atom. The van der Waals surface area contributed by atoms with Crippen molar-refractivity contribution in [2.75, 3.05) is 11.9 Å². The largest absolute Gasteiger partial charge is 0.407 e. The predicted octanol–water partition coefficient (Wildman–Crippen LogP) is 6.50. The second-order valence-electron chi connectivity index (χ2n) is 12.2. The number of aldehydes is 1. The van der Waals surface area contributed by atoms with Crippen LogP contribution in [0, 0.1) is 11.8 Å². The topological polar surface area (TPSA) is 68.3 Å². The molecule has 5 rings (SSSR count). The van der Waals surface area contributed by atoms with E-state index < -0.39 is 14.5 Å². The number of carbonyl (C=O) groups excluding carboxylic acids is 2. The summed E-state index contributed by atoms with van der Waals surface area (Å²) in [6, 6.07) is 27.0. The first-order chi connectivity index (χ1) is 20.1. The molecule has 8 heteroatoms. The van der Waals surface area contributed by atoms with E-state index in [1.54, 1.807) is 0 Å². The highest BCUT2D eigenvalue weighted by molar-refractivity contribution is 9.10. The van der Waals surface area contributed by atoms with Gasteiger partial charge < -0.3 is 14.5 Å². The van der Waals surface area contributed by atoms with Crippen LogP contribution >= 0.6 is 27.3 Å². The van der Waals surface area contributed by atoms with Crippen molar-refractivity contribution in [1.82, 2.24) is 4.98 Å². The second-order valence-corrected chi connectivity index (χ2v) is 16.1. The van der Waals surface area contributed by atoms with E-state index in [1.165, 1.54) is 27.3 Å². The maximum absolute atomic E-state index is 13.0. The Balaban J connectivity index is 1.17. The maximum Gasteiger partial charge on any atom is 0.282 e. The number of hydrogen-bond acceptors (Lipinski definition) is 5. The summed E-state index contributed by atoms with van der Waals surface area (Å²) in [5.74, 6) is 0.268. The summed E-state index contributed by atoms with van der Waals surface area (Å²) >= 11 is 4.79. The SMILES string of the molecule is CC(C)(C)c1ccc([Si](OCC2CC(C(=O)Nc3nc(C(C)(C=O)c4ccc(Br)cc4)cs3)C2)c2ccccc2)cc1. The third-order valence-corrected chi connectivity index (χ3v) is 11.5. The fraction of sp³-hybridized carbons (Fsp3) is 0.324. The molecule has 1 N–H and O–H groups in total. The summed E-state index contributed by atoms with van der Waals surface area (Å²) in [7, 11) is -1.40. The number of hydrogen-bond donors (Lipinski definition) is 1. The molecule has 0 bridgehead atoms. The molecule has 1 amide bonds. The fourth-order valence-corrected chi connectivity index (χ4v) is 8.31. The zero-order valence-corrected chi connectivity index (χ0v) is 27.8. The average Bonchev–Trinajstić information content (AvgIpc) is 3.43. The summed E-state index contributed by atoms with van der Waals surface area (Å²) in [6.45, 7) is 9.17. The molecule has 1 saturated carbocycles. The van der Waals surface area contributed by atoms with Crippen LogP contribution in [0.25, 0.3) is 0 Å². The van der Waals surface area contributed by atoms with Gasteiger partial charge in [-0.25, -0.2) is 4.98 Å². The van der Waals surface area contributed by atoms with Gasteiger partial charge in [0.05, 0.1) is 11.1 Å². The molecule has 1 radical (unpaired) electrons. The van der Waals surface area contributed by atoms with Gasteiger partial charge in [0.15, 0.2) is 5.13 Å². The molecule has 1 unspecified atom stereocenters. The molecule has 42 heavy (non-hydrogen) atoms. The van der Waals surface area contributed by atoms with E-state index in [4.69, 9.17) is 4.43 Å². The summed E-state index contributed by atoms with van der Waals surface area (Å²) in [5, 5.41) is 7.82. The number of thiazole rings is 1. The first-order valence-corrected chi connectivity index (χ1v) is 17.3. The normalized spacial score (nSPS) is 18.2. The average molecular weight is 661 g/mol. The van der Waals surface area contributed by atoms with Crippen LogP contribution in [0.5, 0.6) is 0 Å². The lowest BCUT2D eigenvalue weighted by Gasteiger charge is -2.34. The van der Waals surface area contributed by atoms with Crippen LogP contribution in [0.2, 0.25) is 0 Å². The Morgan fingerprint density at radius 1 is 0.976 bits per heavy atom. The molecule has 217 valence electrons. The standard InChI is InChI=1S/C34H36BrN2O3SSi/c1-33(2,3)25-12-16-29(17-13-25)42(28-8-6-5-7-9-28)40-20-23-18-24(19-23)31(39)37-32-36-30(21-41-32)34(4,22-38)26-10-14-27(35)15-11-26/h5-17,21-24H,18-20H2,1-4H3,(H,36,37,39). The van der Waals surface area contributed by atoms with Gasteiger partial charge >= 0.3 is 0 Å². The summed E-state index contributed by atoms with van der Waals surface area (Å²) in [4.78, 5) is 29.8. The Bertz CT molecular complexity index is 1510. The number of rotatable bonds is 10. The quantitative estimate of drug-likeness (QED) is 0.156. The minimum Gasteiger partial charge on any atom is -0.407 e. The van der Waals surface area contributed by atoms with Crippen LogP contribution < -0.4 is 15.7 Å². The van der Waals surface area contributed by atoms with Crippen LogP contribution in [0.4, 0.5) is 5.13 Å². The van der Waals surface area contributed by atoms with Crippen molar-refractivity contribution in [2.24, 2.45) is 11.8 Å². The third-order valence-electron chi connectivity index (χ3n) is 8.06. The van der Waals surface area contributed by atoms with Crippen LogP contribution in [-0.2, 0) is 24.8 Å². The molecule has 3 aromatic carbocycles. The summed E-state index contributed by atoms with van der Waals surface area (Å²) < 4.78 is 7.56. The first-order valence-electron chi connectivity index (χ1n) is 14.2. The molecular weight excluding hydrogens is 624 g/mol. The van der Waals surface area contributed by atoms with E-state index >= 15 is 0 Å². The lowest BCUT2D eigenvalue weighted by molar-refractivity contribution is -0.124. The van der Waals surface area contributed by atoms with E-state index in [0.717, 1.165) is 29.2 Å². The number of anilines is 1.